The molecule has 2 rings (SSSR count). The molecule has 1 aromatic carbocycles. The summed E-state index contributed by atoms with van der Waals surface area (Å²) in [6.45, 7) is 0. The summed E-state index contributed by atoms with van der Waals surface area (Å²) in [7, 11) is 0. The minimum atomic E-state index is -0.274. The van der Waals surface area contributed by atoms with Gasteiger partial charge in [0.1, 0.15) is 0 Å². The topological polar surface area (TPSA) is 45.8 Å². The molecule has 0 aliphatic rings. The van der Waals surface area contributed by atoms with E-state index in [1.165, 1.54) is 12.4 Å². The molecule has 0 saturated heterocycles. The zero-order valence-corrected chi connectivity index (χ0v) is 9.01. The molecule has 0 saturated carbocycles. The highest BCUT2D eigenvalue weighted by atomic mass is 35.5. The van der Waals surface area contributed by atoms with Crippen molar-refractivity contribution >= 4 is 23.2 Å². The number of aromatic nitrogens is 2. The molecule has 15 heavy (non-hydrogen) atoms. The lowest BCUT2D eigenvalue weighted by Gasteiger charge is -2.04. The van der Waals surface area contributed by atoms with Gasteiger partial charge < -0.3 is 4.98 Å². The Kier molecular flexibility index (Phi) is 2.75. The Morgan fingerprint density at radius 2 is 2.00 bits per heavy atom. The Morgan fingerprint density at radius 3 is 2.73 bits per heavy atom. The number of halogens is 2. The molecular formula is C10H6Cl2N2O. The summed E-state index contributed by atoms with van der Waals surface area (Å²) in [6.07, 6.45) is 2.72. The molecule has 0 aliphatic heterocycles. The Hall–Kier alpha value is -1.32. The molecule has 0 fully saturated rings. The minimum Gasteiger partial charge on any atom is -0.319 e. The molecule has 0 bridgehead atoms. The predicted molar refractivity (Wildman–Crippen MR) is 60.3 cm³/mol. The number of rotatable bonds is 1. The maximum atomic E-state index is 11.1. The van der Waals surface area contributed by atoms with Crippen LogP contribution in [-0.2, 0) is 0 Å². The van der Waals surface area contributed by atoms with Crippen molar-refractivity contribution in [1.82, 2.24) is 9.97 Å². The van der Waals surface area contributed by atoms with E-state index >= 15 is 0 Å². The maximum absolute atomic E-state index is 11.1. The average molecular weight is 241 g/mol. The smallest absolute Gasteiger partial charge is 0.266 e. The number of nitrogens with zero attached hydrogens (tertiary/aromatic N) is 1. The molecule has 1 aromatic heterocycles. The van der Waals surface area contributed by atoms with Crippen LogP contribution in [0.15, 0.2) is 35.4 Å². The minimum absolute atomic E-state index is 0.274. The summed E-state index contributed by atoms with van der Waals surface area (Å²) in [5.74, 6) is 0. The van der Waals surface area contributed by atoms with Crippen molar-refractivity contribution in [3.05, 3.63) is 51.0 Å². The molecule has 1 N–H and O–H groups in total. The molecule has 2 aromatic rings. The van der Waals surface area contributed by atoms with E-state index < -0.39 is 0 Å². The maximum Gasteiger partial charge on any atom is 0.266 e. The van der Waals surface area contributed by atoms with E-state index in [-0.39, 0.29) is 5.56 Å². The third-order valence-electron chi connectivity index (χ3n) is 1.90. The number of H-pyrrole nitrogens is 1. The van der Waals surface area contributed by atoms with Crippen LogP contribution in [0.5, 0.6) is 0 Å². The van der Waals surface area contributed by atoms with Crippen LogP contribution in [0.3, 0.4) is 0 Å². The largest absolute Gasteiger partial charge is 0.319 e. The molecule has 3 nitrogen and oxygen atoms in total. The lowest BCUT2D eigenvalue weighted by molar-refractivity contribution is 1.14. The van der Waals surface area contributed by atoms with Crippen LogP contribution in [0, 0.1) is 0 Å². The third kappa shape index (κ3) is 2.03. The van der Waals surface area contributed by atoms with Gasteiger partial charge in [-0.15, -0.1) is 0 Å². The Morgan fingerprint density at radius 1 is 1.20 bits per heavy atom. The van der Waals surface area contributed by atoms with E-state index in [9.17, 15) is 4.79 Å². The molecule has 76 valence electrons. The van der Waals surface area contributed by atoms with Gasteiger partial charge in [0, 0.05) is 5.56 Å². The van der Waals surface area contributed by atoms with Gasteiger partial charge in [0.05, 0.1) is 28.1 Å². The van der Waals surface area contributed by atoms with Gasteiger partial charge in [-0.3, -0.25) is 9.78 Å². The number of benzene rings is 1. The van der Waals surface area contributed by atoms with Crippen LogP contribution < -0.4 is 5.56 Å². The highest BCUT2D eigenvalue weighted by Crippen LogP contribution is 2.31. The summed E-state index contributed by atoms with van der Waals surface area (Å²) in [6, 6.07) is 5.21. The zero-order chi connectivity index (χ0) is 10.8. The fourth-order valence-electron chi connectivity index (χ4n) is 1.23. The summed E-state index contributed by atoms with van der Waals surface area (Å²) in [4.78, 5) is 17.5. The van der Waals surface area contributed by atoms with Crippen molar-refractivity contribution in [2.45, 2.75) is 0 Å². The Labute approximate surface area is 95.7 Å². The third-order valence-corrected chi connectivity index (χ3v) is 2.71. The number of hydrogen-bond donors (Lipinski definition) is 1. The van der Waals surface area contributed by atoms with E-state index in [0.717, 1.165) is 0 Å². The fourth-order valence-corrected chi connectivity index (χ4v) is 1.63. The van der Waals surface area contributed by atoms with Crippen molar-refractivity contribution in [3.8, 4) is 11.3 Å². The molecule has 0 unspecified atom stereocenters. The Balaban J connectivity index is 2.64. The highest BCUT2D eigenvalue weighted by molar-refractivity contribution is 6.43. The molecule has 0 spiro atoms. The molecule has 5 heteroatoms. The van der Waals surface area contributed by atoms with Crippen LogP contribution >= 0.6 is 23.2 Å². The number of nitrogens with one attached hydrogen (secondary N) is 1. The molecule has 0 aliphatic carbocycles. The van der Waals surface area contributed by atoms with Gasteiger partial charge >= 0.3 is 0 Å². The van der Waals surface area contributed by atoms with Crippen molar-refractivity contribution in [3.63, 3.8) is 0 Å². The quantitative estimate of drug-likeness (QED) is 0.834. The summed E-state index contributed by atoms with van der Waals surface area (Å²) in [5, 5.41) is 0.849. The summed E-state index contributed by atoms with van der Waals surface area (Å²) >= 11 is 11.9. The van der Waals surface area contributed by atoms with E-state index in [4.69, 9.17) is 23.2 Å². The first-order valence-electron chi connectivity index (χ1n) is 4.17. The van der Waals surface area contributed by atoms with Crippen LogP contribution in [-0.4, -0.2) is 9.97 Å². The SMILES string of the molecule is O=c1cncc(-c2cccc(Cl)c2Cl)[nH]1. The van der Waals surface area contributed by atoms with Crippen molar-refractivity contribution < 1.29 is 0 Å². The molecule has 0 atom stereocenters. The second-order valence-electron chi connectivity index (χ2n) is 2.91. The van der Waals surface area contributed by atoms with Gasteiger partial charge in [0.25, 0.3) is 5.56 Å². The fraction of sp³-hybridized carbons (Fsp3) is 0. The van der Waals surface area contributed by atoms with Crippen LogP contribution in [0.25, 0.3) is 11.3 Å². The van der Waals surface area contributed by atoms with Gasteiger partial charge in [-0.1, -0.05) is 35.3 Å². The van der Waals surface area contributed by atoms with Crippen LogP contribution in [0.1, 0.15) is 0 Å². The van der Waals surface area contributed by atoms with Crippen molar-refractivity contribution in [2.75, 3.05) is 0 Å². The number of aromatic amines is 1. The average Bonchev–Trinajstić information content (AvgIpc) is 2.22. The van der Waals surface area contributed by atoms with Gasteiger partial charge in [-0.2, -0.15) is 0 Å². The molecule has 0 radical (unpaired) electrons. The first-order valence-corrected chi connectivity index (χ1v) is 4.93. The molecule has 0 amide bonds. The van der Waals surface area contributed by atoms with Crippen molar-refractivity contribution in [1.29, 1.82) is 0 Å². The van der Waals surface area contributed by atoms with Gasteiger partial charge in [-0.25, -0.2) is 0 Å². The first-order chi connectivity index (χ1) is 7.18. The van der Waals surface area contributed by atoms with E-state index in [2.05, 4.69) is 9.97 Å². The standard InChI is InChI=1S/C10H6Cl2N2O/c11-7-3-1-2-6(10(7)12)8-4-13-5-9(15)14-8/h1-5H,(H,14,15). The van der Waals surface area contributed by atoms with Gasteiger partial charge in [-0.05, 0) is 6.07 Å². The predicted octanol–water partition coefficient (Wildman–Crippen LogP) is 2.74. The lowest BCUT2D eigenvalue weighted by Crippen LogP contribution is -2.05. The Bertz CT molecular complexity index is 551. The molecular weight excluding hydrogens is 235 g/mol. The summed E-state index contributed by atoms with van der Waals surface area (Å²) in [5.41, 5.74) is 0.938. The van der Waals surface area contributed by atoms with E-state index in [0.29, 0.717) is 21.3 Å². The van der Waals surface area contributed by atoms with E-state index in [1.54, 1.807) is 18.2 Å². The highest BCUT2D eigenvalue weighted by Gasteiger charge is 2.07. The van der Waals surface area contributed by atoms with Gasteiger partial charge in [0.2, 0.25) is 0 Å². The lowest BCUT2D eigenvalue weighted by atomic mass is 10.1. The second kappa shape index (κ2) is 4.04. The normalized spacial score (nSPS) is 10.3. The number of hydrogen-bond acceptors (Lipinski definition) is 2. The van der Waals surface area contributed by atoms with Crippen molar-refractivity contribution in [2.24, 2.45) is 0 Å². The van der Waals surface area contributed by atoms with E-state index in [1.807, 2.05) is 0 Å². The second-order valence-corrected chi connectivity index (χ2v) is 3.70. The zero-order valence-electron chi connectivity index (χ0n) is 7.50. The summed E-state index contributed by atoms with van der Waals surface area (Å²) < 4.78 is 0. The van der Waals surface area contributed by atoms with Crippen LogP contribution in [0.4, 0.5) is 0 Å². The van der Waals surface area contributed by atoms with Crippen LogP contribution in [0.2, 0.25) is 10.0 Å². The monoisotopic (exact) mass is 240 g/mol. The van der Waals surface area contributed by atoms with Gasteiger partial charge in [0.15, 0.2) is 0 Å². The first kappa shape index (κ1) is 10.2. The molecule has 1 heterocycles.